The van der Waals surface area contributed by atoms with Gasteiger partial charge in [-0.15, -0.1) is 0 Å². The summed E-state index contributed by atoms with van der Waals surface area (Å²) in [5, 5.41) is 18.2. The molecule has 0 bridgehead atoms. The topological polar surface area (TPSA) is 86.6 Å². The van der Waals surface area contributed by atoms with Crippen molar-refractivity contribution in [2.45, 2.75) is 18.8 Å². The third-order valence-electron chi connectivity index (χ3n) is 1.92. The second-order valence-electron chi connectivity index (χ2n) is 3.37. The van der Waals surface area contributed by atoms with E-state index in [1.165, 1.54) is 0 Å². The minimum absolute atomic E-state index is 0.155. The van der Waals surface area contributed by atoms with Gasteiger partial charge >= 0.3 is 18.1 Å². The maximum atomic E-state index is 12.4. The Bertz CT molecular complexity index is 277. The molecule has 0 aliphatic carbocycles. The molecule has 1 saturated heterocycles. The highest BCUT2D eigenvalue weighted by Gasteiger charge is 2.38. The van der Waals surface area contributed by atoms with E-state index in [1.807, 2.05) is 0 Å². The number of nitrogens with one attached hydrogen (secondary N) is 1. The molecule has 0 aromatic rings. The lowest BCUT2D eigenvalue weighted by Gasteiger charge is -2.27. The van der Waals surface area contributed by atoms with Crippen LogP contribution in [0.25, 0.3) is 0 Å². The Morgan fingerprint density at radius 2 is 1.71 bits per heavy atom. The van der Waals surface area contributed by atoms with Crippen molar-refractivity contribution in [1.82, 2.24) is 5.32 Å². The largest absolute Gasteiger partial charge is 0.490 e. The molecule has 1 atom stereocenters. The first kappa shape index (κ1) is 15.6. The first-order valence-electron chi connectivity index (χ1n) is 4.52. The number of hydrogen-bond acceptors (Lipinski definition) is 3. The van der Waals surface area contributed by atoms with Gasteiger partial charge in [0.05, 0.1) is 0 Å². The number of carbonyl (C=O) groups is 2. The molecule has 1 fully saturated rings. The molecular formula is C8H11F4NO4. The lowest BCUT2D eigenvalue weighted by Crippen LogP contribution is -2.43. The van der Waals surface area contributed by atoms with Crippen LogP contribution in [0.3, 0.4) is 0 Å². The molecule has 1 unspecified atom stereocenters. The van der Waals surface area contributed by atoms with Gasteiger partial charge in [0, 0.05) is 0 Å². The summed E-state index contributed by atoms with van der Waals surface area (Å²) in [7, 11) is 0. The van der Waals surface area contributed by atoms with E-state index in [0.717, 1.165) is 13.1 Å². The van der Waals surface area contributed by atoms with Gasteiger partial charge in [-0.25, -0.2) is 14.0 Å². The van der Waals surface area contributed by atoms with E-state index in [9.17, 15) is 22.4 Å². The lowest BCUT2D eigenvalue weighted by molar-refractivity contribution is -0.192. The minimum atomic E-state index is -5.08. The van der Waals surface area contributed by atoms with Crippen LogP contribution in [0.4, 0.5) is 17.6 Å². The van der Waals surface area contributed by atoms with Gasteiger partial charge in [-0.05, 0) is 25.4 Å². The summed E-state index contributed by atoms with van der Waals surface area (Å²) < 4.78 is 44.1. The fourth-order valence-electron chi connectivity index (χ4n) is 0.909. The maximum absolute atomic E-state index is 12.4. The van der Waals surface area contributed by atoms with Gasteiger partial charge in [-0.2, -0.15) is 13.2 Å². The fourth-order valence-corrected chi connectivity index (χ4v) is 0.909. The summed E-state index contributed by atoms with van der Waals surface area (Å²) in [6.45, 7) is 1.52. The minimum Gasteiger partial charge on any atom is -0.479 e. The second-order valence-corrected chi connectivity index (χ2v) is 3.37. The van der Waals surface area contributed by atoms with Crippen molar-refractivity contribution in [3.63, 3.8) is 0 Å². The van der Waals surface area contributed by atoms with Crippen molar-refractivity contribution < 1.29 is 37.4 Å². The van der Waals surface area contributed by atoms with Crippen LogP contribution in [0.2, 0.25) is 0 Å². The first-order valence-corrected chi connectivity index (χ1v) is 4.52. The fraction of sp³-hybridized carbons (Fsp3) is 0.750. The third kappa shape index (κ3) is 6.72. The molecule has 1 rings (SSSR count). The van der Waals surface area contributed by atoms with Crippen LogP contribution in [-0.2, 0) is 9.59 Å². The average molecular weight is 261 g/mol. The van der Waals surface area contributed by atoms with Crippen molar-refractivity contribution in [1.29, 1.82) is 0 Å². The number of carboxylic acids is 2. The Kier molecular flexibility index (Phi) is 5.86. The van der Waals surface area contributed by atoms with Gasteiger partial charge in [0.1, 0.15) is 0 Å². The third-order valence-corrected chi connectivity index (χ3v) is 1.92. The summed E-state index contributed by atoms with van der Waals surface area (Å²) in [5.41, 5.74) is 0. The predicted octanol–water partition coefficient (Wildman–Crippen LogP) is 0.652. The molecule has 9 heteroatoms. The van der Waals surface area contributed by atoms with E-state index in [1.54, 1.807) is 0 Å². The van der Waals surface area contributed by atoms with E-state index in [4.69, 9.17) is 15.0 Å². The number of carboxylic acid groups (broad SMARTS) is 2. The molecule has 0 aromatic carbocycles. The summed E-state index contributed by atoms with van der Waals surface area (Å²) >= 11 is 0. The number of halogens is 4. The SMILES string of the molecule is O=C(O)C(F)(F)F.O=C(O)C(F)CC1CNC1. The molecule has 0 spiro atoms. The zero-order valence-corrected chi connectivity index (χ0v) is 8.50. The van der Waals surface area contributed by atoms with E-state index in [0.29, 0.717) is 0 Å². The first-order chi connectivity index (χ1) is 7.64. The van der Waals surface area contributed by atoms with Gasteiger partial charge in [-0.1, -0.05) is 0 Å². The van der Waals surface area contributed by atoms with Gasteiger partial charge < -0.3 is 15.5 Å². The zero-order valence-electron chi connectivity index (χ0n) is 8.50. The Balaban J connectivity index is 0.000000325. The molecule has 0 saturated carbocycles. The molecule has 100 valence electrons. The molecule has 17 heavy (non-hydrogen) atoms. The highest BCUT2D eigenvalue weighted by atomic mass is 19.4. The van der Waals surface area contributed by atoms with Crippen LogP contribution >= 0.6 is 0 Å². The second kappa shape index (κ2) is 6.38. The molecular weight excluding hydrogens is 250 g/mol. The molecule has 0 radical (unpaired) electrons. The maximum Gasteiger partial charge on any atom is 0.490 e. The van der Waals surface area contributed by atoms with Crippen LogP contribution in [0.15, 0.2) is 0 Å². The Morgan fingerprint density at radius 3 is 1.88 bits per heavy atom. The highest BCUT2D eigenvalue weighted by Crippen LogP contribution is 2.13. The summed E-state index contributed by atoms with van der Waals surface area (Å²) in [4.78, 5) is 18.9. The molecule has 1 aliphatic rings. The molecule has 1 aliphatic heterocycles. The molecule has 1 heterocycles. The molecule has 0 amide bonds. The van der Waals surface area contributed by atoms with Crippen molar-refractivity contribution in [2.75, 3.05) is 13.1 Å². The lowest BCUT2D eigenvalue weighted by atomic mass is 9.97. The van der Waals surface area contributed by atoms with Gasteiger partial charge in [0.15, 0.2) is 6.17 Å². The smallest absolute Gasteiger partial charge is 0.479 e. The normalized spacial score (nSPS) is 17.4. The van der Waals surface area contributed by atoms with Crippen molar-refractivity contribution in [3.05, 3.63) is 0 Å². The zero-order chi connectivity index (χ0) is 13.6. The van der Waals surface area contributed by atoms with Crippen molar-refractivity contribution >= 4 is 11.9 Å². The Hall–Kier alpha value is -1.38. The number of alkyl halides is 4. The van der Waals surface area contributed by atoms with E-state index in [2.05, 4.69) is 5.32 Å². The van der Waals surface area contributed by atoms with E-state index in [-0.39, 0.29) is 12.3 Å². The van der Waals surface area contributed by atoms with Crippen LogP contribution < -0.4 is 5.32 Å². The predicted molar refractivity (Wildman–Crippen MR) is 47.2 cm³/mol. The van der Waals surface area contributed by atoms with E-state index < -0.39 is 24.3 Å². The monoisotopic (exact) mass is 261 g/mol. The Labute approximate surface area is 93.4 Å². The number of hydrogen-bond donors (Lipinski definition) is 3. The van der Waals surface area contributed by atoms with Crippen molar-refractivity contribution in [3.8, 4) is 0 Å². The quantitative estimate of drug-likeness (QED) is 0.649. The summed E-state index contributed by atoms with van der Waals surface area (Å²) in [6.07, 6.45) is -6.60. The van der Waals surface area contributed by atoms with Crippen LogP contribution in [-0.4, -0.2) is 47.6 Å². The summed E-state index contributed by atoms with van der Waals surface area (Å²) in [6, 6.07) is 0. The van der Waals surface area contributed by atoms with Gasteiger partial charge in [-0.3, -0.25) is 0 Å². The molecule has 3 N–H and O–H groups in total. The van der Waals surface area contributed by atoms with Crippen molar-refractivity contribution in [2.24, 2.45) is 5.92 Å². The molecule has 5 nitrogen and oxygen atoms in total. The number of rotatable bonds is 3. The molecule has 0 aromatic heterocycles. The standard InChI is InChI=1S/C6H10FNO2.C2HF3O2/c7-5(6(9)10)1-4-2-8-3-4;3-2(4,5)1(6)7/h4-5,8H,1-3H2,(H,9,10);(H,6,7). The number of aliphatic carboxylic acids is 2. The average Bonchev–Trinajstić information content (AvgIpc) is 2.10. The van der Waals surface area contributed by atoms with E-state index >= 15 is 0 Å². The van der Waals surface area contributed by atoms with Gasteiger partial charge in [0.25, 0.3) is 0 Å². The highest BCUT2D eigenvalue weighted by molar-refractivity contribution is 5.73. The Morgan fingerprint density at radius 1 is 1.29 bits per heavy atom. The van der Waals surface area contributed by atoms with Crippen LogP contribution in [0.1, 0.15) is 6.42 Å². The van der Waals surface area contributed by atoms with Crippen LogP contribution in [0.5, 0.6) is 0 Å². The summed E-state index contributed by atoms with van der Waals surface area (Å²) in [5.74, 6) is -3.87. The van der Waals surface area contributed by atoms with Gasteiger partial charge in [0.2, 0.25) is 0 Å². The van der Waals surface area contributed by atoms with Crippen LogP contribution in [0, 0.1) is 5.92 Å².